The molecule has 0 atom stereocenters. The van der Waals surface area contributed by atoms with Crippen LogP contribution in [0, 0.1) is 0 Å². The molecule has 1 aromatic carbocycles. The minimum atomic E-state index is -0.306. The van der Waals surface area contributed by atoms with Crippen molar-refractivity contribution in [3.63, 3.8) is 0 Å². The summed E-state index contributed by atoms with van der Waals surface area (Å²) in [6, 6.07) is 7.92. The fourth-order valence-electron chi connectivity index (χ4n) is 1.66. The van der Waals surface area contributed by atoms with Crippen LogP contribution < -0.4 is 11.1 Å². The number of nitrogens with zero attached hydrogens (tertiary/aromatic N) is 1. The van der Waals surface area contributed by atoms with Crippen molar-refractivity contribution in [2.24, 2.45) is 5.73 Å². The molecular weight excluding hydrogens is 290 g/mol. The predicted octanol–water partition coefficient (Wildman–Crippen LogP) is 2.90. The Kier molecular flexibility index (Phi) is 5.43. The SMILES string of the molecule is CCc1ncc(CNc2ccccc2SCC(N)=O)s1. The summed E-state index contributed by atoms with van der Waals surface area (Å²) in [6.07, 6.45) is 2.88. The molecule has 106 valence electrons. The Bertz CT molecular complexity index is 583. The summed E-state index contributed by atoms with van der Waals surface area (Å²) in [7, 11) is 0. The van der Waals surface area contributed by atoms with Crippen LogP contribution in [0.2, 0.25) is 0 Å². The second-order valence-corrected chi connectivity index (χ2v) is 6.40. The van der Waals surface area contributed by atoms with Crippen LogP contribution in [0.15, 0.2) is 35.4 Å². The van der Waals surface area contributed by atoms with Gasteiger partial charge in [0, 0.05) is 21.7 Å². The van der Waals surface area contributed by atoms with E-state index in [0.29, 0.717) is 5.75 Å². The number of carbonyl (C=O) groups is 1. The summed E-state index contributed by atoms with van der Waals surface area (Å²) in [5.41, 5.74) is 6.21. The summed E-state index contributed by atoms with van der Waals surface area (Å²) in [4.78, 5) is 17.5. The third-order valence-corrected chi connectivity index (χ3v) is 4.85. The lowest BCUT2D eigenvalue weighted by Gasteiger charge is -2.10. The first-order chi connectivity index (χ1) is 9.69. The average Bonchev–Trinajstić information content (AvgIpc) is 2.91. The van der Waals surface area contributed by atoms with E-state index in [9.17, 15) is 4.79 Å². The van der Waals surface area contributed by atoms with Crippen molar-refractivity contribution in [1.82, 2.24) is 4.98 Å². The third kappa shape index (κ3) is 4.25. The largest absolute Gasteiger partial charge is 0.379 e. The van der Waals surface area contributed by atoms with Gasteiger partial charge in [0.05, 0.1) is 17.3 Å². The van der Waals surface area contributed by atoms with Gasteiger partial charge in [-0.3, -0.25) is 4.79 Å². The highest BCUT2D eigenvalue weighted by Crippen LogP contribution is 2.27. The molecule has 2 aromatic rings. The predicted molar refractivity (Wildman–Crippen MR) is 85.2 cm³/mol. The van der Waals surface area contributed by atoms with Crippen molar-refractivity contribution >= 4 is 34.7 Å². The van der Waals surface area contributed by atoms with E-state index in [2.05, 4.69) is 17.2 Å². The maximum Gasteiger partial charge on any atom is 0.227 e. The van der Waals surface area contributed by atoms with Gasteiger partial charge in [-0.05, 0) is 18.6 Å². The van der Waals surface area contributed by atoms with E-state index >= 15 is 0 Å². The molecule has 0 saturated heterocycles. The molecule has 2 rings (SSSR count). The lowest BCUT2D eigenvalue weighted by atomic mass is 10.3. The lowest BCUT2D eigenvalue weighted by molar-refractivity contribution is -0.115. The van der Waals surface area contributed by atoms with Gasteiger partial charge in [0.2, 0.25) is 5.91 Å². The first kappa shape index (κ1) is 14.9. The molecule has 0 radical (unpaired) electrons. The van der Waals surface area contributed by atoms with Gasteiger partial charge in [0.25, 0.3) is 0 Å². The molecule has 1 heterocycles. The highest BCUT2D eigenvalue weighted by molar-refractivity contribution is 8.00. The second kappa shape index (κ2) is 7.31. The van der Waals surface area contributed by atoms with Crippen LogP contribution in [0.5, 0.6) is 0 Å². The number of primary amides is 1. The van der Waals surface area contributed by atoms with E-state index in [1.54, 1.807) is 11.3 Å². The molecule has 3 N–H and O–H groups in total. The Morgan fingerprint density at radius 1 is 1.45 bits per heavy atom. The van der Waals surface area contributed by atoms with E-state index in [4.69, 9.17) is 5.73 Å². The summed E-state index contributed by atoms with van der Waals surface area (Å²) in [5.74, 6) is -0.0148. The molecule has 0 aliphatic rings. The molecule has 1 aromatic heterocycles. The number of para-hydroxylation sites is 1. The molecule has 0 saturated carbocycles. The minimum Gasteiger partial charge on any atom is -0.379 e. The Hall–Kier alpha value is -1.53. The van der Waals surface area contributed by atoms with Crippen molar-refractivity contribution in [2.75, 3.05) is 11.1 Å². The van der Waals surface area contributed by atoms with Crippen molar-refractivity contribution in [1.29, 1.82) is 0 Å². The molecule has 0 fully saturated rings. The number of hydrogen-bond acceptors (Lipinski definition) is 5. The van der Waals surface area contributed by atoms with E-state index < -0.39 is 0 Å². The van der Waals surface area contributed by atoms with Gasteiger partial charge in [0.15, 0.2) is 0 Å². The summed E-state index contributed by atoms with van der Waals surface area (Å²) in [5, 5.41) is 4.54. The quantitative estimate of drug-likeness (QED) is 0.772. The molecular formula is C14H17N3OS2. The second-order valence-electron chi connectivity index (χ2n) is 4.18. The number of aromatic nitrogens is 1. The Balaban J connectivity index is 1.99. The highest BCUT2D eigenvalue weighted by atomic mass is 32.2. The molecule has 4 nitrogen and oxygen atoms in total. The molecule has 6 heteroatoms. The zero-order chi connectivity index (χ0) is 14.4. The fourth-order valence-corrected chi connectivity index (χ4v) is 3.23. The number of thioether (sulfide) groups is 1. The Morgan fingerprint density at radius 3 is 2.95 bits per heavy atom. The standard InChI is InChI=1S/C14H17N3OS2/c1-2-14-17-8-10(20-14)7-16-11-5-3-4-6-12(11)19-9-13(15)18/h3-6,8,16H,2,7,9H2,1H3,(H2,15,18). The number of anilines is 1. The normalized spacial score (nSPS) is 10.4. The van der Waals surface area contributed by atoms with Gasteiger partial charge >= 0.3 is 0 Å². The van der Waals surface area contributed by atoms with E-state index in [1.807, 2.05) is 30.5 Å². The summed E-state index contributed by atoms with van der Waals surface area (Å²) in [6.45, 7) is 2.84. The zero-order valence-electron chi connectivity index (χ0n) is 11.3. The average molecular weight is 307 g/mol. The monoisotopic (exact) mass is 307 g/mol. The highest BCUT2D eigenvalue weighted by Gasteiger charge is 2.05. The molecule has 0 spiro atoms. The van der Waals surface area contributed by atoms with E-state index in [0.717, 1.165) is 28.6 Å². The van der Waals surface area contributed by atoms with Crippen LogP contribution >= 0.6 is 23.1 Å². The topological polar surface area (TPSA) is 68.0 Å². The number of benzene rings is 1. The van der Waals surface area contributed by atoms with Gasteiger partial charge in [-0.25, -0.2) is 4.98 Å². The number of rotatable bonds is 7. The van der Waals surface area contributed by atoms with E-state index in [1.165, 1.54) is 16.6 Å². The van der Waals surface area contributed by atoms with E-state index in [-0.39, 0.29) is 5.91 Å². The van der Waals surface area contributed by atoms with Crippen LogP contribution in [0.4, 0.5) is 5.69 Å². The minimum absolute atomic E-state index is 0.291. The summed E-state index contributed by atoms with van der Waals surface area (Å²) >= 11 is 3.17. The van der Waals surface area contributed by atoms with Crippen LogP contribution in [-0.2, 0) is 17.8 Å². The van der Waals surface area contributed by atoms with Crippen LogP contribution in [0.1, 0.15) is 16.8 Å². The zero-order valence-corrected chi connectivity index (χ0v) is 12.9. The van der Waals surface area contributed by atoms with Crippen LogP contribution in [0.3, 0.4) is 0 Å². The number of amides is 1. The molecule has 0 unspecified atom stereocenters. The molecule has 1 amide bonds. The van der Waals surface area contributed by atoms with Gasteiger partial charge < -0.3 is 11.1 Å². The fraction of sp³-hybridized carbons (Fsp3) is 0.286. The van der Waals surface area contributed by atoms with Gasteiger partial charge in [-0.15, -0.1) is 23.1 Å². The van der Waals surface area contributed by atoms with Crippen LogP contribution in [0.25, 0.3) is 0 Å². The lowest BCUT2D eigenvalue weighted by Crippen LogP contribution is -2.13. The number of nitrogens with one attached hydrogen (secondary N) is 1. The first-order valence-corrected chi connectivity index (χ1v) is 8.17. The number of thiazole rings is 1. The molecule has 0 aliphatic carbocycles. The van der Waals surface area contributed by atoms with Crippen molar-refractivity contribution < 1.29 is 4.79 Å². The first-order valence-electron chi connectivity index (χ1n) is 6.36. The van der Waals surface area contributed by atoms with Gasteiger partial charge in [-0.2, -0.15) is 0 Å². The summed E-state index contributed by atoms with van der Waals surface area (Å²) < 4.78 is 0. The Labute approximate surface area is 126 Å². The van der Waals surface area contributed by atoms with Crippen LogP contribution in [-0.4, -0.2) is 16.6 Å². The van der Waals surface area contributed by atoms with Crippen molar-refractivity contribution in [3.8, 4) is 0 Å². The number of aryl methyl sites for hydroxylation is 1. The number of nitrogens with two attached hydrogens (primary N) is 1. The van der Waals surface area contributed by atoms with Crippen molar-refractivity contribution in [2.45, 2.75) is 24.8 Å². The molecule has 20 heavy (non-hydrogen) atoms. The third-order valence-electron chi connectivity index (χ3n) is 2.61. The Morgan fingerprint density at radius 2 is 2.25 bits per heavy atom. The number of carbonyl (C=O) groups excluding carboxylic acids is 1. The smallest absolute Gasteiger partial charge is 0.227 e. The maximum absolute atomic E-state index is 10.9. The van der Waals surface area contributed by atoms with Gasteiger partial charge in [0.1, 0.15) is 0 Å². The molecule has 0 aliphatic heterocycles. The van der Waals surface area contributed by atoms with Crippen molar-refractivity contribution in [3.05, 3.63) is 40.3 Å². The van der Waals surface area contributed by atoms with Gasteiger partial charge in [-0.1, -0.05) is 19.1 Å². The maximum atomic E-state index is 10.9. The number of hydrogen-bond donors (Lipinski definition) is 2. The molecule has 0 bridgehead atoms.